The second-order valence-electron chi connectivity index (χ2n) is 14.1. The average Bonchev–Trinajstić information content (AvgIpc) is 3.83. The second-order valence-corrected chi connectivity index (χ2v) is 14.1. The molecule has 11 heteroatoms. The third-order valence-corrected chi connectivity index (χ3v) is 11.2. The number of piperidine rings is 1. The Hall–Kier alpha value is -4.87. The fourth-order valence-corrected chi connectivity index (χ4v) is 8.22. The first kappa shape index (κ1) is 33.3. The van der Waals surface area contributed by atoms with Crippen molar-refractivity contribution < 1.29 is 9.53 Å². The number of hydrogen-bond donors (Lipinski definition) is 2. The van der Waals surface area contributed by atoms with Crippen LogP contribution >= 0.6 is 0 Å². The number of carbonyl (C=O) groups excluding carboxylic acids is 1. The first-order valence-corrected chi connectivity index (χ1v) is 18.5. The lowest BCUT2D eigenvalue weighted by atomic mass is 10.0. The molecule has 266 valence electrons. The predicted molar refractivity (Wildman–Crippen MR) is 205 cm³/mol. The Labute approximate surface area is 300 Å². The van der Waals surface area contributed by atoms with Crippen LogP contribution in [0.4, 0.5) is 23.0 Å². The topological polar surface area (TPSA) is 97.8 Å². The quantitative estimate of drug-likeness (QED) is 0.190. The summed E-state index contributed by atoms with van der Waals surface area (Å²) in [7, 11) is 3.92. The second kappa shape index (κ2) is 14.0. The SMILES string of the molecule is CCc1cccc(CC)c1N1CCn2cc(-c3nc(Nc4ccc(N5CCC(N6CCN(C)CC6)CC5)cc4OC)nc4[nH]ccc34)cc2C1=O. The molecule has 6 heterocycles. The first-order chi connectivity index (χ1) is 24.9. The third-order valence-electron chi connectivity index (χ3n) is 11.2. The molecule has 2 saturated heterocycles. The summed E-state index contributed by atoms with van der Waals surface area (Å²) in [6, 6.07) is 17.4. The van der Waals surface area contributed by atoms with E-state index >= 15 is 0 Å². The van der Waals surface area contributed by atoms with Gasteiger partial charge in [0.05, 0.1) is 24.2 Å². The lowest BCUT2D eigenvalue weighted by molar-refractivity contribution is 0.0965. The molecular weight excluding hydrogens is 639 g/mol. The maximum Gasteiger partial charge on any atom is 0.274 e. The summed E-state index contributed by atoms with van der Waals surface area (Å²) in [5.41, 5.74) is 8.50. The number of nitrogens with one attached hydrogen (secondary N) is 2. The standard InChI is InChI=1S/C40H49N9O2/c1-5-27-8-7-9-28(6-2)37(27)49-23-22-48-26-29(24-34(48)39(49)50)36-32-12-15-41-38(32)44-40(43-36)42-33-11-10-31(25-35(33)51-4)46-16-13-30(14-17-46)47-20-18-45(3)19-21-47/h7-12,15,24-26,30H,5-6,13-14,16-23H2,1-4H3,(H2,41,42,43,44). The number of aryl methyl sites for hydroxylation is 2. The molecule has 8 rings (SSSR count). The summed E-state index contributed by atoms with van der Waals surface area (Å²) in [6.07, 6.45) is 8.05. The van der Waals surface area contributed by atoms with Gasteiger partial charge in [-0.05, 0) is 68.1 Å². The molecule has 3 aromatic heterocycles. The van der Waals surface area contributed by atoms with E-state index in [0.717, 1.165) is 78.4 Å². The molecule has 11 nitrogen and oxygen atoms in total. The number of amides is 1. The van der Waals surface area contributed by atoms with Crippen LogP contribution in [0.2, 0.25) is 0 Å². The van der Waals surface area contributed by atoms with Gasteiger partial charge < -0.3 is 34.3 Å². The van der Waals surface area contributed by atoms with Gasteiger partial charge in [-0.1, -0.05) is 32.0 Å². The largest absolute Gasteiger partial charge is 0.494 e. The number of benzene rings is 2. The predicted octanol–water partition coefficient (Wildman–Crippen LogP) is 6.18. The van der Waals surface area contributed by atoms with Gasteiger partial charge in [0.2, 0.25) is 5.95 Å². The molecule has 0 saturated carbocycles. The molecular formula is C40H49N9O2. The van der Waals surface area contributed by atoms with E-state index in [1.54, 1.807) is 7.11 Å². The number of aromatic amines is 1. The number of nitrogens with zero attached hydrogens (tertiary/aromatic N) is 7. The summed E-state index contributed by atoms with van der Waals surface area (Å²) < 4.78 is 7.97. The van der Waals surface area contributed by atoms with Crippen molar-refractivity contribution in [2.45, 2.75) is 52.1 Å². The van der Waals surface area contributed by atoms with Gasteiger partial charge in [-0.2, -0.15) is 4.98 Å². The van der Waals surface area contributed by atoms with Crippen molar-refractivity contribution >= 4 is 40.0 Å². The van der Waals surface area contributed by atoms with Crippen LogP contribution in [-0.2, 0) is 19.4 Å². The molecule has 0 radical (unpaired) electrons. The molecule has 1 amide bonds. The molecule has 2 N–H and O–H groups in total. The van der Waals surface area contributed by atoms with Crippen molar-refractivity contribution in [3.05, 3.63) is 77.7 Å². The number of ether oxygens (including phenoxy) is 1. The van der Waals surface area contributed by atoms with Gasteiger partial charge in [0.25, 0.3) is 5.91 Å². The highest BCUT2D eigenvalue weighted by molar-refractivity contribution is 6.08. The molecule has 0 unspecified atom stereocenters. The number of H-pyrrole nitrogens is 1. The van der Waals surface area contributed by atoms with Gasteiger partial charge >= 0.3 is 0 Å². The number of carbonyl (C=O) groups is 1. The number of anilines is 4. The molecule has 0 spiro atoms. The van der Waals surface area contributed by atoms with Crippen LogP contribution in [0, 0.1) is 0 Å². The fourth-order valence-electron chi connectivity index (χ4n) is 8.22. The molecule has 2 fully saturated rings. The van der Waals surface area contributed by atoms with Gasteiger partial charge in [0.1, 0.15) is 17.1 Å². The normalized spacial score (nSPS) is 17.7. The number of hydrogen-bond acceptors (Lipinski definition) is 8. The van der Waals surface area contributed by atoms with E-state index in [2.05, 4.69) is 93.1 Å². The summed E-state index contributed by atoms with van der Waals surface area (Å²) in [4.78, 5) is 36.7. The van der Waals surface area contributed by atoms with Gasteiger partial charge in [0.15, 0.2) is 0 Å². The van der Waals surface area contributed by atoms with E-state index < -0.39 is 0 Å². The van der Waals surface area contributed by atoms with Gasteiger partial charge in [-0.25, -0.2) is 4.98 Å². The Balaban J connectivity index is 1.03. The van der Waals surface area contributed by atoms with Crippen molar-refractivity contribution in [2.75, 3.05) is 75.1 Å². The minimum atomic E-state index is 0.0224. The number of para-hydroxylation sites is 1. The van der Waals surface area contributed by atoms with Crippen LogP contribution in [0.15, 0.2) is 60.9 Å². The number of fused-ring (bicyclic) bond motifs is 2. The van der Waals surface area contributed by atoms with Gasteiger partial charge in [0, 0.05) is 93.5 Å². The Kier molecular flexibility index (Phi) is 9.16. The highest BCUT2D eigenvalue weighted by Crippen LogP contribution is 2.36. The van der Waals surface area contributed by atoms with Crippen LogP contribution in [0.1, 0.15) is 48.3 Å². The number of likely N-dealkylation sites (N-methyl/N-ethyl adjacent to an activating group) is 1. The summed E-state index contributed by atoms with van der Waals surface area (Å²) in [5, 5.41) is 4.35. The van der Waals surface area contributed by atoms with Crippen LogP contribution < -0.4 is 19.9 Å². The third kappa shape index (κ3) is 6.33. The maximum absolute atomic E-state index is 14.1. The van der Waals surface area contributed by atoms with E-state index in [1.165, 1.54) is 42.7 Å². The number of piperazine rings is 1. The Bertz CT molecular complexity index is 2010. The fraction of sp³-hybridized carbons (Fsp3) is 0.425. The summed E-state index contributed by atoms with van der Waals surface area (Å²) >= 11 is 0. The van der Waals surface area contributed by atoms with E-state index in [9.17, 15) is 4.79 Å². The van der Waals surface area contributed by atoms with Crippen molar-refractivity contribution in [3.8, 4) is 17.0 Å². The molecule has 5 aromatic rings. The molecule has 3 aliphatic rings. The van der Waals surface area contributed by atoms with Crippen LogP contribution in [0.5, 0.6) is 5.75 Å². The number of rotatable bonds is 9. The molecule has 0 atom stereocenters. The minimum absolute atomic E-state index is 0.0224. The summed E-state index contributed by atoms with van der Waals surface area (Å²) in [6.45, 7) is 12.4. The number of methoxy groups -OCH3 is 1. The molecule has 0 aliphatic carbocycles. The van der Waals surface area contributed by atoms with Gasteiger partial charge in [-0.15, -0.1) is 0 Å². The smallest absolute Gasteiger partial charge is 0.274 e. The highest BCUT2D eigenvalue weighted by atomic mass is 16.5. The van der Waals surface area contributed by atoms with E-state index in [0.29, 0.717) is 30.8 Å². The molecule has 51 heavy (non-hydrogen) atoms. The van der Waals surface area contributed by atoms with Crippen LogP contribution in [0.3, 0.4) is 0 Å². The molecule has 2 aromatic carbocycles. The van der Waals surface area contributed by atoms with Crippen molar-refractivity contribution in [1.29, 1.82) is 0 Å². The zero-order valence-electron chi connectivity index (χ0n) is 30.3. The zero-order valence-corrected chi connectivity index (χ0v) is 30.3. The van der Waals surface area contributed by atoms with Gasteiger partial charge in [-0.3, -0.25) is 9.69 Å². The lowest BCUT2D eigenvalue weighted by Crippen LogP contribution is -2.52. The molecule has 0 bridgehead atoms. The Morgan fingerprint density at radius 3 is 2.39 bits per heavy atom. The van der Waals surface area contributed by atoms with Crippen molar-refractivity contribution in [1.82, 2.24) is 29.3 Å². The Morgan fingerprint density at radius 2 is 1.67 bits per heavy atom. The van der Waals surface area contributed by atoms with Crippen LogP contribution in [-0.4, -0.2) is 101 Å². The van der Waals surface area contributed by atoms with E-state index in [1.807, 2.05) is 23.2 Å². The average molecular weight is 688 g/mol. The first-order valence-electron chi connectivity index (χ1n) is 18.5. The van der Waals surface area contributed by atoms with Crippen molar-refractivity contribution in [3.63, 3.8) is 0 Å². The maximum atomic E-state index is 14.1. The monoisotopic (exact) mass is 687 g/mol. The minimum Gasteiger partial charge on any atom is -0.494 e. The van der Waals surface area contributed by atoms with E-state index in [-0.39, 0.29) is 5.91 Å². The lowest BCUT2D eigenvalue weighted by Gasteiger charge is -2.42. The van der Waals surface area contributed by atoms with Crippen molar-refractivity contribution in [2.24, 2.45) is 0 Å². The number of aromatic nitrogens is 4. The zero-order chi connectivity index (χ0) is 35.1. The Morgan fingerprint density at radius 1 is 0.902 bits per heavy atom. The summed E-state index contributed by atoms with van der Waals surface area (Å²) in [5.74, 6) is 1.23. The highest BCUT2D eigenvalue weighted by Gasteiger charge is 2.30. The van der Waals surface area contributed by atoms with E-state index in [4.69, 9.17) is 14.7 Å². The molecule has 3 aliphatic heterocycles. The van der Waals surface area contributed by atoms with Crippen LogP contribution in [0.25, 0.3) is 22.3 Å².